The monoisotopic (exact) mass is 582 g/mol. The molecule has 1 N–H and O–H groups in total. The van der Waals surface area contributed by atoms with Crippen molar-refractivity contribution in [3.05, 3.63) is 0 Å². The molecule has 13 unspecified atom stereocenters. The van der Waals surface area contributed by atoms with Gasteiger partial charge < -0.3 is 38.3 Å². The molecule has 232 valence electrons. The Morgan fingerprint density at radius 3 is 2.32 bits per heavy atom. The number of hydrogen-bond donors (Lipinski definition) is 1. The minimum atomic E-state index is -1.21. The maximum absolute atomic E-state index is 13.0. The van der Waals surface area contributed by atoms with Gasteiger partial charge in [-0.05, 0) is 37.5 Å². The molecule has 0 aromatic rings. The number of ether oxygens (including phenoxy) is 7. The Bertz CT molecular complexity index is 1010. The predicted octanol–water partition coefficient (Wildman–Crippen LogP) is 2.75. The fraction of sp³-hybridized carbons (Fsp3) is 0.900. The first-order valence-electron chi connectivity index (χ1n) is 15.0. The second-order valence-electron chi connectivity index (χ2n) is 13.1. The standard InChI is InChI=1S/C30H46O11/c1-8-15(2)26(34)41-25-20(33)12-21-28(6,22-10-19-11-24(35-7)40-27(19)39-22)16(3)9-23(38-18(5)32)29(21,13-36-17(4)31)30(25)14-37-30/h15-16,19-25,27,33H,8-14H2,1-7H3. The molecule has 5 fully saturated rings. The smallest absolute Gasteiger partial charge is 0.309 e. The zero-order valence-electron chi connectivity index (χ0n) is 25.3. The van der Waals surface area contributed by atoms with Crippen LogP contribution in [0.5, 0.6) is 0 Å². The van der Waals surface area contributed by atoms with Crippen molar-refractivity contribution in [3.8, 4) is 0 Å². The first-order valence-corrected chi connectivity index (χ1v) is 15.0. The highest BCUT2D eigenvalue weighted by molar-refractivity contribution is 5.72. The molecule has 2 saturated carbocycles. The molecule has 1 spiro atoms. The van der Waals surface area contributed by atoms with Crippen LogP contribution in [-0.2, 0) is 47.5 Å². The summed E-state index contributed by atoms with van der Waals surface area (Å²) in [6.07, 6.45) is -0.987. The van der Waals surface area contributed by atoms with Gasteiger partial charge in [0, 0.05) is 38.7 Å². The topological polar surface area (TPSA) is 139 Å². The number of aliphatic hydroxyl groups is 1. The summed E-state index contributed by atoms with van der Waals surface area (Å²) in [5.74, 6) is -1.98. The van der Waals surface area contributed by atoms with Crippen LogP contribution in [0.2, 0.25) is 0 Å². The Kier molecular flexibility index (Phi) is 8.26. The van der Waals surface area contributed by atoms with E-state index in [1.165, 1.54) is 13.8 Å². The van der Waals surface area contributed by atoms with Gasteiger partial charge in [0.25, 0.3) is 0 Å². The van der Waals surface area contributed by atoms with Gasteiger partial charge in [0.05, 0.1) is 30.1 Å². The third-order valence-electron chi connectivity index (χ3n) is 11.1. The summed E-state index contributed by atoms with van der Waals surface area (Å²) >= 11 is 0. The Hall–Kier alpha value is -1.79. The number of aliphatic hydroxyl groups excluding tert-OH is 1. The molecule has 3 saturated heterocycles. The van der Waals surface area contributed by atoms with Crippen molar-refractivity contribution in [2.24, 2.45) is 34.5 Å². The molecule has 11 heteroatoms. The zero-order valence-corrected chi connectivity index (χ0v) is 25.3. The average Bonchev–Trinajstić information content (AvgIpc) is 3.45. The summed E-state index contributed by atoms with van der Waals surface area (Å²) in [5, 5.41) is 11.7. The molecule has 3 heterocycles. The van der Waals surface area contributed by atoms with Gasteiger partial charge in [-0.3, -0.25) is 14.4 Å². The third kappa shape index (κ3) is 4.80. The van der Waals surface area contributed by atoms with E-state index in [1.54, 1.807) is 14.0 Å². The molecule has 5 rings (SSSR count). The van der Waals surface area contributed by atoms with Gasteiger partial charge in [0.15, 0.2) is 18.7 Å². The number of esters is 3. The average molecular weight is 583 g/mol. The van der Waals surface area contributed by atoms with Crippen LogP contribution in [0.1, 0.15) is 73.6 Å². The number of epoxide rings is 1. The molecule has 0 radical (unpaired) electrons. The normalized spacial score (nSPS) is 47.3. The molecule has 3 aliphatic heterocycles. The number of methoxy groups -OCH3 is 1. The van der Waals surface area contributed by atoms with Gasteiger partial charge in [-0.2, -0.15) is 0 Å². The Morgan fingerprint density at radius 1 is 1.05 bits per heavy atom. The number of hydrogen-bond acceptors (Lipinski definition) is 11. The Labute approximate surface area is 241 Å². The van der Waals surface area contributed by atoms with E-state index in [4.69, 9.17) is 33.2 Å². The SMILES string of the molecule is CCC(C)C(=O)OC1C(O)CC2C(C)(C3CC4CC(OC)OC4O3)C(C)CC(OC(C)=O)C2(COC(C)=O)C12CO2. The van der Waals surface area contributed by atoms with Crippen LogP contribution in [0.25, 0.3) is 0 Å². The molecule has 13 atom stereocenters. The van der Waals surface area contributed by atoms with Crippen molar-refractivity contribution in [2.75, 3.05) is 20.3 Å². The molecule has 0 bridgehead atoms. The van der Waals surface area contributed by atoms with E-state index >= 15 is 0 Å². The molecule has 0 aromatic heterocycles. The molecule has 0 aromatic carbocycles. The van der Waals surface area contributed by atoms with E-state index in [1.807, 2.05) is 6.92 Å². The first-order chi connectivity index (χ1) is 19.3. The van der Waals surface area contributed by atoms with Crippen LogP contribution < -0.4 is 0 Å². The largest absolute Gasteiger partial charge is 0.465 e. The maximum Gasteiger partial charge on any atom is 0.309 e. The van der Waals surface area contributed by atoms with Gasteiger partial charge >= 0.3 is 17.9 Å². The highest BCUT2D eigenvalue weighted by Gasteiger charge is 2.81. The van der Waals surface area contributed by atoms with Gasteiger partial charge in [-0.1, -0.05) is 27.7 Å². The number of rotatable bonds is 8. The quantitative estimate of drug-likeness (QED) is 0.257. The summed E-state index contributed by atoms with van der Waals surface area (Å²) in [7, 11) is 1.62. The van der Waals surface area contributed by atoms with Crippen molar-refractivity contribution in [1.29, 1.82) is 0 Å². The summed E-state index contributed by atoms with van der Waals surface area (Å²) < 4.78 is 42.1. The second-order valence-corrected chi connectivity index (χ2v) is 13.1. The van der Waals surface area contributed by atoms with Gasteiger partial charge in [-0.25, -0.2) is 0 Å². The fourth-order valence-corrected chi connectivity index (χ4v) is 8.47. The summed E-state index contributed by atoms with van der Waals surface area (Å²) in [6.45, 7) is 10.7. The highest BCUT2D eigenvalue weighted by atomic mass is 16.8. The van der Waals surface area contributed by atoms with Gasteiger partial charge in [0.2, 0.25) is 0 Å². The van der Waals surface area contributed by atoms with Crippen molar-refractivity contribution >= 4 is 17.9 Å². The molecule has 0 amide bonds. The van der Waals surface area contributed by atoms with Crippen molar-refractivity contribution < 1.29 is 52.6 Å². The molecule has 5 aliphatic rings. The van der Waals surface area contributed by atoms with E-state index in [0.717, 1.165) is 12.8 Å². The lowest BCUT2D eigenvalue weighted by atomic mass is 9.41. The van der Waals surface area contributed by atoms with Gasteiger partial charge in [-0.15, -0.1) is 0 Å². The van der Waals surface area contributed by atoms with E-state index in [0.29, 0.717) is 12.8 Å². The van der Waals surface area contributed by atoms with Crippen LogP contribution in [-0.4, -0.2) is 85.9 Å². The Balaban J connectivity index is 1.59. The van der Waals surface area contributed by atoms with Gasteiger partial charge in [0.1, 0.15) is 18.3 Å². The summed E-state index contributed by atoms with van der Waals surface area (Å²) in [6, 6.07) is 0. The molecule has 11 nitrogen and oxygen atoms in total. The van der Waals surface area contributed by atoms with E-state index in [-0.39, 0.29) is 55.7 Å². The van der Waals surface area contributed by atoms with Crippen LogP contribution in [0, 0.1) is 34.5 Å². The maximum atomic E-state index is 13.0. The summed E-state index contributed by atoms with van der Waals surface area (Å²) in [5.41, 5.74) is -2.86. The lowest BCUT2D eigenvalue weighted by Crippen LogP contribution is -2.74. The molecular weight excluding hydrogens is 536 g/mol. The van der Waals surface area contributed by atoms with Crippen LogP contribution in [0.4, 0.5) is 0 Å². The number of fused-ring (bicyclic) bond motifs is 3. The van der Waals surface area contributed by atoms with E-state index in [9.17, 15) is 19.5 Å². The lowest BCUT2D eigenvalue weighted by Gasteiger charge is -2.65. The second kappa shape index (κ2) is 11.0. The van der Waals surface area contributed by atoms with Crippen molar-refractivity contribution in [1.82, 2.24) is 0 Å². The minimum absolute atomic E-state index is 0.00781. The van der Waals surface area contributed by atoms with Crippen LogP contribution in [0.3, 0.4) is 0 Å². The van der Waals surface area contributed by atoms with Crippen molar-refractivity contribution in [2.45, 2.75) is 116 Å². The van der Waals surface area contributed by atoms with Crippen LogP contribution in [0.15, 0.2) is 0 Å². The number of carbonyl (C=O) groups excluding carboxylic acids is 3. The lowest BCUT2D eigenvalue weighted by molar-refractivity contribution is -0.289. The highest BCUT2D eigenvalue weighted by Crippen LogP contribution is 2.70. The first kappa shape index (κ1) is 30.7. The zero-order chi connectivity index (χ0) is 29.9. The van der Waals surface area contributed by atoms with E-state index < -0.39 is 58.9 Å². The minimum Gasteiger partial charge on any atom is -0.465 e. The molecule has 41 heavy (non-hydrogen) atoms. The van der Waals surface area contributed by atoms with Crippen LogP contribution >= 0.6 is 0 Å². The molecular formula is C30H46O11. The predicted molar refractivity (Wildman–Crippen MR) is 142 cm³/mol. The Morgan fingerprint density at radius 2 is 1.76 bits per heavy atom. The molecule has 2 aliphatic carbocycles. The third-order valence-corrected chi connectivity index (χ3v) is 11.1. The van der Waals surface area contributed by atoms with Crippen molar-refractivity contribution in [3.63, 3.8) is 0 Å². The fourth-order valence-electron chi connectivity index (χ4n) is 8.47. The van der Waals surface area contributed by atoms with E-state index in [2.05, 4.69) is 13.8 Å². The summed E-state index contributed by atoms with van der Waals surface area (Å²) in [4.78, 5) is 37.8. The number of carbonyl (C=O) groups is 3.